The molecule has 0 aromatic heterocycles. The van der Waals surface area contributed by atoms with E-state index in [0.717, 1.165) is 0 Å². The molecule has 1 N–H and O–H groups in total. The number of benzene rings is 3. The van der Waals surface area contributed by atoms with Crippen LogP contribution in [0.25, 0.3) is 0 Å². The summed E-state index contributed by atoms with van der Waals surface area (Å²) in [6, 6.07) is 27.6. The van der Waals surface area contributed by atoms with Crippen molar-refractivity contribution in [3.63, 3.8) is 0 Å². The monoisotopic (exact) mass is 438 g/mol. The fourth-order valence-electron chi connectivity index (χ4n) is 7.27. The fraction of sp³-hybridized carbons (Fsp3) is 0.400. The number of rotatable bonds is 0. The predicted octanol–water partition coefficient (Wildman–Crippen LogP) is 7.70. The lowest BCUT2D eigenvalue weighted by Gasteiger charge is -2.45. The van der Waals surface area contributed by atoms with Crippen LogP contribution in [0.15, 0.2) is 72.8 Å². The topological polar surface area (TPSA) is 23.9 Å². The Morgan fingerprint density at radius 1 is 0.469 bits per heavy atom. The highest BCUT2D eigenvalue weighted by Crippen LogP contribution is 2.54. The summed E-state index contributed by atoms with van der Waals surface area (Å²) < 4.78 is 0. The van der Waals surface area contributed by atoms with Crippen molar-refractivity contribution in [3.8, 4) is 0 Å². The Hall–Kier alpha value is -2.24. The van der Waals surface area contributed by atoms with E-state index in [2.05, 4.69) is 72.8 Å². The van der Waals surface area contributed by atoms with Crippen LogP contribution in [0.5, 0.6) is 0 Å². The Morgan fingerprint density at radius 3 is 1.22 bits per heavy atom. The molecule has 0 amide bonds. The summed E-state index contributed by atoms with van der Waals surface area (Å²) in [5.74, 6) is 0. The highest BCUT2D eigenvalue weighted by atomic mass is 31.1. The zero-order chi connectivity index (χ0) is 21.6. The Balaban J connectivity index is 1.77. The van der Waals surface area contributed by atoms with Crippen LogP contribution >= 0.6 is 7.71 Å². The van der Waals surface area contributed by atoms with Gasteiger partial charge in [-0.25, -0.2) is 0 Å². The standard InChI is InChI=1S/C30H33NP/c31-32-27-17-7-5-15-25(27)29(19-9-1-10-20-29)23-13-3-4-14-24(23)30(21-11-2-12-22-30)26-16-6-8-18-28(26)32/h3-8,13-18,31H,1-2,9-12,19-22H2/q+1. The van der Waals surface area contributed by atoms with Gasteiger partial charge in [0.15, 0.2) is 10.6 Å². The first-order valence-corrected chi connectivity index (χ1v) is 13.9. The van der Waals surface area contributed by atoms with E-state index in [4.69, 9.17) is 0 Å². The Bertz CT molecular complexity index is 1070. The van der Waals surface area contributed by atoms with Crippen LogP contribution in [0.4, 0.5) is 0 Å². The molecule has 2 heteroatoms. The van der Waals surface area contributed by atoms with Crippen LogP contribution in [0, 0.1) is 5.16 Å². The summed E-state index contributed by atoms with van der Waals surface area (Å²) in [7, 11) is -1.14. The van der Waals surface area contributed by atoms with Crippen LogP contribution in [0.1, 0.15) is 86.5 Å². The van der Waals surface area contributed by atoms with Gasteiger partial charge in [-0.15, -0.1) is 5.16 Å². The average molecular weight is 439 g/mol. The maximum atomic E-state index is 9.65. The smallest absolute Gasteiger partial charge is 0.114 e. The number of fused-ring (bicyclic) bond motifs is 7. The summed E-state index contributed by atoms with van der Waals surface area (Å²) in [5.41, 5.74) is 6.18. The lowest BCUT2D eigenvalue weighted by Crippen LogP contribution is -2.39. The van der Waals surface area contributed by atoms with Gasteiger partial charge in [-0.2, -0.15) is 0 Å². The average Bonchev–Trinajstić information content (AvgIpc) is 2.90. The zero-order valence-corrected chi connectivity index (χ0v) is 19.8. The van der Waals surface area contributed by atoms with Gasteiger partial charge >= 0.3 is 0 Å². The van der Waals surface area contributed by atoms with Gasteiger partial charge in [0.25, 0.3) is 7.71 Å². The first kappa shape index (κ1) is 20.4. The van der Waals surface area contributed by atoms with Crippen LogP contribution < -0.4 is 10.6 Å². The van der Waals surface area contributed by atoms with Gasteiger partial charge in [0.05, 0.1) is 0 Å². The lowest BCUT2D eigenvalue weighted by molar-refractivity contribution is 0.318. The Labute approximate surface area is 193 Å². The van der Waals surface area contributed by atoms with E-state index >= 15 is 0 Å². The molecule has 6 rings (SSSR count). The van der Waals surface area contributed by atoms with Crippen molar-refractivity contribution in [2.24, 2.45) is 0 Å². The maximum absolute atomic E-state index is 9.65. The van der Waals surface area contributed by atoms with Crippen LogP contribution in [-0.2, 0) is 10.8 Å². The van der Waals surface area contributed by atoms with Gasteiger partial charge in [-0.05, 0) is 48.9 Å². The first-order chi connectivity index (χ1) is 15.8. The van der Waals surface area contributed by atoms with Crippen molar-refractivity contribution >= 4 is 18.3 Å². The molecule has 0 saturated heterocycles. The molecule has 2 fully saturated rings. The third-order valence-corrected chi connectivity index (χ3v) is 10.4. The molecular formula is C30H33NP+. The van der Waals surface area contributed by atoms with E-state index in [-0.39, 0.29) is 10.8 Å². The van der Waals surface area contributed by atoms with Crippen LogP contribution in [0.2, 0.25) is 0 Å². The van der Waals surface area contributed by atoms with Crippen molar-refractivity contribution in [2.75, 3.05) is 0 Å². The summed E-state index contributed by atoms with van der Waals surface area (Å²) >= 11 is 0. The summed E-state index contributed by atoms with van der Waals surface area (Å²) in [6.45, 7) is 0. The van der Waals surface area contributed by atoms with Gasteiger partial charge in [0.2, 0.25) is 0 Å². The largest absolute Gasteiger partial charge is 0.274 e. The highest BCUT2D eigenvalue weighted by molar-refractivity contribution is 7.62. The number of nitrogens with one attached hydrogen (secondary N) is 1. The number of hydrogen-bond donors (Lipinski definition) is 1. The molecule has 3 aromatic carbocycles. The molecule has 1 heterocycles. The Morgan fingerprint density at radius 2 is 0.812 bits per heavy atom. The molecule has 3 aromatic rings. The molecule has 0 atom stereocenters. The molecule has 2 spiro atoms. The third-order valence-electron chi connectivity index (χ3n) is 8.69. The zero-order valence-electron chi connectivity index (χ0n) is 18.9. The normalized spacial score (nSPS) is 21.1. The molecule has 3 aliphatic rings. The second kappa shape index (κ2) is 7.96. The summed E-state index contributed by atoms with van der Waals surface area (Å²) in [6.07, 6.45) is 12.7. The fourth-order valence-corrected chi connectivity index (χ4v) is 9.06. The minimum Gasteiger partial charge on any atom is -0.114 e. The molecule has 1 aliphatic heterocycles. The van der Waals surface area contributed by atoms with Crippen molar-refractivity contribution in [1.29, 1.82) is 5.16 Å². The van der Waals surface area contributed by atoms with Gasteiger partial charge in [0.1, 0.15) is 0 Å². The van der Waals surface area contributed by atoms with Crippen molar-refractivity contribution in [3.05, 3.63) is 95.1 Å². The van der Waals surface area contributed by atoms with Crippen LogP contribution in [-0.4, -0.2) is 0 Å². The minimum absolute atomic E-state index is 0.0551. The van der Waals surface area contributed by atoms with Gasteiger partial charge in [0, 0.05) is 22.0 Å². The molecule has 0 radical (unpaired) electrons. The molecule has 2 aliphatic carbocycles. The molecular weight excluding hydrogens is 405 g/mol. The highest BCUT2D eigenvalue weighted by Gasteiger charge is 2.49. The van der Waals surface area contributed by atoms with Gasteiger partial charge in [-0.1, -0.05) is 99.2 Å². The van der Waals surface area contributed by atoms with E-state index in [1.807, 2.05) is 0 Å². The third kappa shape index (κ3) is 2.90. The van der Waals surface area contributed by atoms with Gasteiger partial charge < -0.3 is 0 Å². The summed E-state index contributed by atoms with van der Waals surface area (Å²) in [5, 5.41) is 12.2. The second-order valence-corrected chi connectivity index (χ2v) is 11.8. The SMILES string of the molecule is N=[P+]1c2ccccc2C2(CCCCC2)c2ccccc2C2(CCCCC2)c2ccccc21. The van der Waals surface area contributed by atoms with E-state index in [1.165, 1.54) is 85.9 Å². The summed E-state index contributed by atoms with van der Waals surface area (Å²) in [4.78, 5) is 0. The van der Waals surface area contributed by atoms with E-state index < -0.39 is 7.71 Å². The molecule has 162 valence electrons. The van der Waals surface area contributed by atoms with Crippen molar-refractivity contribution in [2.45, 2.75) is 75.0 Å². The first-order valence-electron chi connectivity index (χ1n) is 12.6. The van der Waals surface area contributed by atoms with Gasteiger partial charge in [-0.3, -0.25) is 0 Å². The minimum atomic E-state index is -1.14. The van der Waals surface area contributed by atoms with Crippen molar-refractivity contribution < 1.29 is 0 Å². The molecule has 0 bridgehead atoms. The molecule has 1 nitrogen and oxygen atoms in total. The molecule has 0 unspecified atom stereocenters. The predicted molar refractivity (Wildman–Crippen MR) is 136 cm³/mol. The lowest BCUT2D eigenvalue weighted by atomic mass is 9.58. The second-order valence-electron chi connectivity index (χ2n) is 10.2. The Kier molecular flexibility index (Phi) is 5.07. The van der Waals surface area contributed by atoms with E-state index in [9.17, 15) is 5.16 Å². The quantitative estimate of drug-likeness (QED) is 0.348. The maximum Gasteiger partial charge on any atom is 0.274 e. The molecule has 32 heavy (non-hydrogen) atoms. The van der Waals surface area contributed by atoms with Crippen LogP contribution in [0.3, 0.4) is 0 Å². The molecule has 2 saturated carbocycles. The van der Waals surface area contributed by atoms with E-state index in [0.29, 0.717) is 0 Å². The van der Waals surface area contributed by atoms with Crippen molar-refractivity contribution in [1.82, 2.24) is 0 Å². The number of hydrogen-bond acceptors (Lipinski definition) is 1. The van der Waals surface area contributed by atoms with E-state index in [1.54, 1.807) is 11.1 Å².